The molecule has 0 aliphatic carbocycles. The van der Waals surface area contributed by atoms with Gasteiger partial charge in [0.25, 0.3) is 0 Å². The largest absolute Gasteiger partial charge is 4.00 e. The maximum Gasteiger partial charge on any atom is 4.00 e. The molecule has 264 valence electrons. The first-order valence-corrected chi connectivity index (χ1v) is 15.9. The number of nitrogens with zero attached hydrogens (tertiary/aromatic N) is 5. The van der Waals surface area contributed by atoms with Crippen molar-refractivity contribution in [2.24, 2.45) is 0 Å². The van der Waals surface area contributed by atoms with Gasteiger partial charge in [0.05, 0.1) is 0 Å². The second-order valence-corrected chi connectivity index (χ2v) is 11.1. The summed E-state index contributed by atoms with van der Waals surface area (Å²) in [6, 6.07) is 55.0. The summed E-state index contributed by atoms with van der Waals surface area (Å²) < 4.78 is 13.6. The van der Waals surface area contributed by atoms with Gasteiger partial charge in [-0.05, 0) is 19.4 Å². The van der Waals surface area contributed by atoms with Crippen LogP contribution in [0.1, 0.15) is 0 Å². The van der Waals surface area contributed by atoms with Gasteiger partial charge in [0, 0.05) is 62.0 Å². The molecule has 1 aliphatic rings. The van der Waals surface area contributed by atoms with Crippen LogP contribution in [0.3, 0.4) is 0 Å². The monoisotopic (exact) mass is 1050 g/mol. The van der Waals surface area contributed by atoms with E-state index in [1.165, 1.54) is 0 Å². The zero-order valence-corrected chi connectivity index (χ0v) is 32.7. The van der Waals surface area contributed by atoms with Crippen molar-refractivity contribution in [2.75, 3.05) is 11.9 Å². The second kappa shape index (κ2) is 18.7. The van der Waals surface area contributed by atoms with Crippen molar-refractivity contribution in [3.8, 4) is 62.8 Å². The zero-order valence-electron chi connectivity index (χ0n) is 28.1. The molecular formula is C44H28N5O2Pt2-3. The molecule has 2 aromatic heterocycles. The van der Waals surface area contributed by atoms with Gasteiger partial charge in [-0.3, -0.25) is 15.7 Å². The Labute approximate surface area is 339 Å². The Hall–Kier alpha value is -5.66. The molecule has 7 aromatic rings. The van der Waals surface area contributed by atoms with Crippen molar-refractivity contribution < 1.29 is 51.6 Å². The molecule has 0 amide bonds. The summed E-state index contributed by atoms with van der Waals surface area (Å²) in [5, 5.41) is 0. The van der Waals surface area contributed by atoms with Crippen LogP contribution < -0.4 is 14.4 Å². The fourth-order valence-electron chi connectivity index (χ4n) is 5.12. The zero-order chi connectivity index (χ0) is 34.8. The molecule has 0 N–H and O–H groups in total. The van der Waals surface area contributed by atoms with Crippen molar-refractivity contribution >= 4 is 5.69 Å². The maximum atomic E-state index is 7.02. The number of aromatic nitrogens is 3. The average Bonchev–Trinajstić information content (AvgIpc) is 3.86. The number of ether oxygens (including phenoxy) is 2. The van der Waals surface area contributed by atoms with Gasteiger partial charge >= 0.3 is 21.1 Å². The molecule has 0 spiro atoms. The van der Waals surface area contributed by atoms with E-state index >= 15 is 0 Å². The van der Waals surface area contributed by atoms with Crippen molar-refractivity contribution in [3.05, 3.63) is 190 Å². The van der Waals surface area contributed by atoms with Crippen LogP contribution in [0, 0.1) is 49.5 Å². The second-order valence-electron chi connectivity index (χ2n) is 11.1. The van der Waals surface area contributed by atoms with E-state index in [9.17, 15) is 0 Å². The predicted molar refractivity (Wildman–Crippen MR) is 196 cm³/mol. The normalized spacial score (nSPS) is 11.3. The molecular weight excluding hydrogens is 1020 g/mol. The molecule has 1 aliphatic heterocycles. The van der Waals surface area contributed by atoms with Crippen molar-refractivity contribution in [3.63, 3.8) is 0 Å². The Morgan fingerprint density at radius 1 is 0.698 bits per heavy atom. The molecule has 3 heterocycles. The molecule has 8 rings (SSSR count). The Balaban J connectivity index is 0.000000306. The van der Waals surface area contributed by atoms with Gasteiger partial charge in [-0.1, -0.05) is 48.3 Å². The van der Waals surface area contributed by atoms with Crippen molar-refractivity contribution in [1.29, 1.82) is 0 Å². The number of imidazole rings is 1. The van der Waals surface area contributed by atoms with Gasteiger partial charge in [0.15, 0.2) is 0 Å². The number of para-hydroxylation sites is 1. The van der Waals surface area contributed by atoms with Crippen LogP contribution in [-0.4, -0.2) is 26.5 Å². The van der Waals surface area contributed by atoms with Crippen LogP contribution in [0.25, 0.3) is 33.8 Å². The van der Waals surface area contributed by atoms with Crippen molar-refractivity contribution in [2.45, 2.75) is 0 Å². The summed E-state index contributed by atoms with van der Waals surface area (Å²) in [5.41, 5.74) is 5.12. The van der Waals surface area contributed by atoms with Crippen LogP contribution in [0.15, 0.2) is 146 Å². The Morgan fingerprint density at radius 3 is 2.09 bits per heavy atom. The van der Waals surface area contributed by atoms with Crippen LogP contribution in [0.2, 0.25) is 0 Å². The smallest absolute Gasteiger partial charge is 0.669 e. The number of pyridine rings is 1. The van der Waals surface area contributed by atoms with Gasteiger partial charge in [-0.25, -0.2) is 29.2 Å². The maximum absolute atomic E-state index is 7.02. The summed E-state index contributed by atoms with van der Waals surface area (Å²) in [7, 11) is 1.98. The first kappa shape index (κ1) is 38.6. The molecule has 0 unspecified atom stereocenters. The number of hydrogen-bond donors (Lipinski definition) is 0. The summed E-state index contributed by atoms with van der Waals surface area (Å²) >= 11 is 0. The van der Waals surface area contributed by atoms with Crippen LogP contribution in [0.4, 0.5) is 5.69 Å². The van der Waals surface area contributed by atoms with E-state index in [0.717, 1.165) is 39.5 Å². The van der Waals surface area contributed by atoms with E-state index in [0.29, 0.717) is 23.0 Å². The number of benzene rings is 5. The van der Waals surface area contributed by atoms with Crippen LogP contribution >= 0.6 is 0 Å². The van der Waals surface area contributed by atoms with Crippen LogP contribution in [-0.2, 0) is 42.1 Å². The SMILES string of the molecule is CN1C=CN(c2[c-]c(Oc3[c-]c(-c4cc(-c5[c-]c(Oc6[c-]cccc6)ccc5)[c-]cn4)ccc3)ccc2)[CH-]1.[C-]#Cn1ccnc1-c1ccccc1.[Pt+4].[Pt]. The van der Waals surface area contributed by atoms with E-state index in [4.69, 9.17) is 15.9 Å². The summed E-state index contributed by atoms with van der Waals surface area (Å²) in [6.07, 6.45) is 16.0. The van der Waals surface area contributed by atoms with Gasteiger partial charge in [-0.2, -0.15) is 43.1 Å². The Kier molecular flexibility index (Phi) is 13.6. The molecule has 0 bridgehead atoms. The molecule has 0 fully saturated rings. The number of rotatable bonds is 8. The third-order valence-corrected chi connectivity index (χ3v) is 7.52. The van der Waals surface area contributed by atoms with Gasteiger partial charge in [0.2, 0.25) is 0 Å². The van der Waals surface area contributed by atoms with Gasteiger partial charge in [-0.15, -0.1) is 65.8 Å². The van der Waals surface area contributed by atoms with E-state index in [1.54, 1.807) is 23.2 Å². The predicted octanol–water partition coefficient (Wildman–Crippen LogP) is 9.28. The van der Waals surface area contributed by atoms with E-state index in [-0.39, 0.29) is 42.1 Å². The van der Waals surface area contributed by atoms with E-state index in [2.05, 4.69) is 46.3 Å². The number of anilines is 1. The fraction of sp³-hybridized carbons (Fsp3) is 0.0227. The first-order chi connectivity index (χ1) is 25.1. The van der Waals surface area contributed by atoms with E-state index in [1.807, 2.05) is 151 Å². The summed E-state index contributed by atoms with van der Waals surface area (Å²) in [6.45, 7) is 1.97. The van der Waals surface area contributed by atoms with Crippen LogP contribution in [0.5, 0.6) is 23.0 Å². The molecule has 0 atom stereocenters. The van der Waals surface area contributed by atoms with Gasteiger partial charge in [0.1, 0.15) is 5.82 Å². The minimum absolute atomic E-state index is 0. The summed E-state index contributed by atoms with van der Waals surface area (Å²) in [5.74, 6) is 3.16. The molecule has 7 nitrogen and oxygen atoms in total. The molecule has 0 saturated carbocycles. The molecule has 9 heteroatoms. The first-order valence-electron chi connectivity index (χ1n) is 15.9. The molecule has 5 aromatic carbocycles. The third-order valence-electron chi connectivity index (χ3n) is 7.52. The van der Waals surface area contributed by atoms with Crippen molar-refractivity contribution in [1.82, 2.24) is 19.4 Å². The quantitative estimate of drug-likeness (QED) is 0.112. The minimum Gasteiger partial charge on any atom is -0.669 e. The molecule has 53 heavy (non-hydrogen) atoms. The Morgan fingerprint density at radius 2 is 1.38 bits per heavy atom. The third kappa shape index (κ3) is 10.0. The minimum atomic E-state index is 0. The topological polar surface area (TPSA) is 55.6 Å². The van der Waals surface area contributed by atoms with Gasteiger partial charge < -0.3 is 30.7 Å². The number of hydrogen-bond acceptors (Lipinski definition) is 6. The Bertz CT molecular complexity index is 2310. The average molecular weight is 1050 g/mol. The molecule has 0 saturated heterocycles. The fourth-order valence-corrected chi connectivity index (χ4v) is 5.12. The summed E-state index contributed by atoms with van der Waals surface area (Å²) in [4.78, 5) is 12.6. The molecule has 0 radical (unpaired) electrons. The standard InChI is InChI=1S/C33H21N3O2.C11H7N2.2Pt/c1-35-18-19-36(24-35)28-10-7-15-32(23-28)38-31-14-6-9-27(21-31)33-22-26(16-17-34-33)25-8-5-13-30(20-25)37-29-11-3-2-4-12-29;1-2-13-9-8-12-11(13)10-6-4-3-5-7-10;;/h2-11,13-15,17-19,22,24H,1H3;3-9H;;/q-6;-1;;+4. The van der Waals surface area contributed by atoms with E-state index < -0.39 is 0 Å².